The van der Waals surface area contributed by atoms with Gasteiger partial charge in [0.05, 0.1) is 23.5 Å². The van der Waals surface area contributed by atoms with Crippen LogP contribution in [0.2, 0.25) is 0 Å². The van der Waals surface area contributed by atoms with Gasteiger partial charge in [-0.3, -0.25) is 14.7 Å². The fourth-order valence-electron chi connectivity index (χ4n) is 4.18. The van der Waals surface area contributed by atoms with Crippen LogP contribution < -0.4 is 15.5 Å². The minimum absolute atomic E-state index is 0.110. The summed E-state index contributed by atoms with van der Waals surface area (Å²) >= 11 is 3.10. The molecule has 1 aromatic heterocycles. The van der Waals surface area contributed by atoms with E-state index in [1.165, 1.54) is 11.8 Å². The predicted octanol–water partition coefficient (Wildman–Crippen LogP) is 5.12. The van der Waals surface area contributed by atoms with Crippen molar-refractivity contribution in [1.82, 2.24) is 15.6 Å². The number of nitrogens with zero attached hydrogens (tertiary/aromatic N) is 2. The van der Waals surface area contributed by atoms with Crippen LogP contribution in [0.4, 0.5) is 16.2 Å². The Hall–Kier alpha value is -3.53. The highest BCUT2D eigenvalue weighted by atomic mass is 32.2. The van der Waals surface area contributed by atoms with E-state index in [4.69, 9.17) is 0 Å². The summed E-state index contributed by atoms with van der Waals surface area (Å²) in [4.78, 5) is 36.0. The van der Waals surface area contributed by atoms with Crippen molar-refractivity contribution in [2.75, 3.05) is 23.8 Å². The van der Waals surface area contributed by atoms with Gasteiger partial charge in [-0.25, -0.2) is 4.79 Å². The Balaban J connectivity index is 1.43. The predicted molar refractivity (Wildman–Crippen MR) is 149 cm³/mol. The van der Waals surface area contributed by atoms with Gasteiger partial charge in [0.2, 0.25) is 5.91 Å². The second kappa shape index (κ2) is 11.2. The molecule has 0 saturated carbocycles. The first-order valence-corrected chi connectivity index (χ1v) is 13.7. The molecule has 188 valence electrons. The summed E-state index contributed by atoms with van der Waals surface area (Å²) in [6, 6.07) is 24.1. The quantitative estimate of drug-likeness (QED) is 0.287. The second-order valence-corrected chi connectivity index (χ2v) is 10.6. The summed E-state index contributed by atoms with van der Waals surface area (Å²) in [7, 11) is 0. The number of aliphatic hydroxyl groups is 1. The van der Waals surface area contributed by atoms with Crippen LogP contribution in [-0.4, -0.2) is 47.0 Å². The third-order valence-electron chi connectivity index (χ3n) is 5.87. The number of carbonyl (C=O) groups excluding carboxylic acids is 2. The molecule has 0 radical (unpaired) electrons. The van der Waals surface area contributed by atoms with Crippen molar-refractivity contribution in [2.24, 2.45) is 0 Å². The van der Waals surface area contributed by atoms with Gasteiger partial charge >= 0.3 is 6.03 Å². The van der Waals surface area contributed by atoms with Gasteiger partial charge in [0.1, 0.15) is 6.04 Å². The fraction of sp³-hybridized carbons (Fsp3) is 0.179. The Morgan fingerprint density at radius 2 is 1.65 bits per heavy atom. The number of rotatable bonds is 7. The summed E-state index contributed by atoms with van der Waals surface area (Å²) < 4.78 is 0. The molecule has 37 heavy (non-hydrogen) atoms. The highest BCUT2D eigenvalue weighted by molar-refractivity contribution is 8.00. The zero-order valence-electron chi connectivity index (χ0n) is 20.2. The number of aryl methyl sites for hydroxylation is 1. The minimum atomic E-state index is -0.829. The molecule has 0 aliphatic carbocycles. The van der Waals surface area contributed by atoms with Gasteiger partial charge in [-0.1, -0.05) is 54.2 Å². The molecule has 4 aromatic rings. The first-order valence-electron chi connectivity index (χ1n) is 11.9. The standard InChI is InChI=1S/C28H26N4O3S2/c1-18-16-26(19-8-2-3-9-20(19)30-18)36-17-21(27(34)29-14-15-33)31-28(35)32-22-10-4-6-12-24(22)37-25-13-7-5-11-23(25)32/h2-13,16,21,33H,14-15,17H2,1H3,(H,29,34)(H,31,35). The van der Waals surface area contributed by atoms with E-state index in [9.17, 15) is 14.7 Å². The number of amides is 3. The number of carbonyl (C=O) groups is 2. The number of aliphatic hydroxyl groups excluding tert-OH is 1. The van der Waals surface area contributed by atoms with Gasteiger partial charge in [-0.15, -0.1) is 11.8 Å². The van der Waals surface area contributed by atoms with Crippen LogP contribution in [0.1, 0.15) is 5.69 Å². The highest BCUT2D eigenvalue weighted by Crippen LogP contribution is 2.47. The lowest BCUT2D eigenvalue weighted by molar-refractivity contribution is -0.122. The molecule has 1 aliphatic heterocycles. The number of anilines is 2. The first-order chi connectivity index (χ1) is 18.0. The summed E-state index contributed by atoms with van der Waals surface area (Å²) in [6.45, 7) is 1.87. The van der Waals surface area contributed by atoms with E-state index in [0.717, 1.165) is 42.7 Å². The van der Waals surface area contributed by atoms with Crippen molar-refractivity contribution in [2.45, 2.75) is 27.7 Å². The molecule has 0 bridgehead atoms. The van der Waals surface area contributed by atoms with Crippen molar-refractivity contribution < 1.29 is 14.7 Å². The fourth-order valence-corrected chi connectivity index (χ4v) is 6.40. The average molecular weight is 531 g/mol. The van der Waals surface area contributed by atoms with Crippen molar-refractivity contribution in [3.05, 3.63) is 84.6 Å². The van der Waals surface area contributed by atoms with E-state index < -0.39 is 6.04 Å². The SMILES string of the molecule is Cc1cc(SCC(NC(=O)N2c3ccccc3Sc3ccccc32)C(=O)NCCO)c2ccccc2n1. The Labute approximate surface area is 223 Å². The van der Waals surface area contributed by atoms with Gasteiger partial charge in [-0.05, 0) is 43.3 Å². The molecule has 2 heterocycles. The molecule has 1 unspecified atom stereocenters. The van der Waals surface area contributed by atoms with Crippen LogP contribution in [0.5, 0.6) is 0 Å². The monoisotopic (exact) mass is 530 g/mol. The summed E-state index contributed by atoms with van der Waals surface area (Å²) in [5, 5.41) is 15.9. The molecule has 3 amide bonds. The van der Waals surface area contributed by atoms with E-state index in [-0.39, 0.29) is 25.1 Å². The van der Waals surface area contributed by atoms with Crippen molar-refractivity contribution in [3.63, 3.8) is 0 Å². The Bertz CT molecular complexity index is 1420. The van der Waals surface area contributed by atoms with Gasteiger partial charge in [-0.2, -0.15) is 0 Å². The van der Waals surface area contributed by atoms with Crippen molar-refractivity contribution in [1.29, 1.82) is 0 Å². The largest absolute Gasteiger partial charge is 0.395 e. The van der Waals surface area contributed by atoms with E-state index in [0.29, 0.717) is 5.75 Å². The summed E-state index contributed by atoms with van der Waals surface area (Å²) in [5.74, 6) is -0.0413. The molecule has 0 spiro atoms. The Morgan fingerprint density at radius 1 is 1.00 bits per heavy atom. The van der Waals surface area contributed by atoms with E-state index in [2.05, 4.69) is 15.6 Å². The molecule has 1 atom stereocenters. The molecule has 0 saturated heterocycles. The van der Waals surface area contributed by atoms with Crippen LogP contribution in [0.25, 0.3) is 10.9 Å². The number of hydrogen-bond donors (Lipinski definition) is 3. The number of para-hydroxylation sites is 3. The Kier molecular flexibility index (Phi) is 7.64. The number of aromatic nitrogens is 1. The molecule has 5 rings (SSSR count). The molecule has 3 N–H and O–H groups in total. The number of pyridine rings is 1. The van der Waals surface area contributed by atoms with Gasteiger partial charge in [0.25, 0.3) is 0 Å². The molecule has 1 aliphatic rings. The van der Waals surface area contributed by atoms with Crippen molar-refractivity contribution >= 4 is 57.7 Å². The van der Waals surface area contributed by atoms with Crippen LogP contribution in [-0.2, 0) is 4.79 Å². The average Bonchev–Trinajstić information content (AvgIpc) is 2.92. The maximum atomic E-state index is 13.7. The number of thioether (sulfide) groups is 1. The van der Waals surface area contributed by atoms with Gasteiger partial charge < -0.3 is 15.7 Å². The molecule has 7 nitrogen and oxygen atoms in total. The Morgan fingerprint density at radius 3 is 2.35 bits per heavy atom. The van der Waals surface area contributed by atoms with Crippen molar-refractivity contribution in [3.8, 4) is 0 Å². The first kappa shape index (κ1) is 25.1. The highest BCUT2D eigenvalue weighted by Gasteiger charge is 2.31. The molecule has 0 fully saturated rings. The topological polar surface area (TPSA) is 94.6 Å². The third kappa shape index (κ3) is 5.44. The van der Waals surface area contributed by atoms with Crippen LogP contribution in [0.15, 0.2) is 93.5 Å². The number of fused-ring (bicyclic) bond motifs is 3. The maximum absolute atomic E-state index is 13.7. The maximum Gasteiger partial charge on any atom is 0.327 e. The van der Waals surface area contributed by atoms with Gasteiger partial charge in [0, 0.05) is 38.1 Å². The lowest BCUT2D eigenvalue weighted by Crippen LogP contribution is -2.52. The summed E-state index contributed by atoms with van der Waals surface area (Å²) in [6.07, 6.45) is 0. The van der Waals surface area contributed by atoms with E-state index >= 15 is 0 Å². The number of nitrogens with one attached hydrogen (secondary N) is 2. The smallest absolute Gasteiger partial charge is 0.327 e. The van der Waals surface area contributed by atoms with Gasteiger partial charge in [0.15, 0.2) is 0 Å². The van der Waals surface area contributed by atoms with Crippen LogP contribution >= 0.6 is 23.5 Å². The zero-order chi connectivity index (χ0) is 25.8. The van der Waals surface area contributed by atoms with Crippen LogP contribution in [0.3, 0.4) is 0 Å². The van der Waals surface area contributed by atoms with Crippen LogP contribution in [0, 0.1) is 6.92 Å². The van der Waals surface area contributed by atoms with E-state index in [1.54, 1.807) is 16.7 Å². The molecular formula is C28H26N4O3S2. The lowest BCUT2D eigenvalue weighted by Gasteiger charge is -2.32. The normalized spacial score (nSPS) is 13.0. The molecule has 9 heteroatoms. The lowest BCUT2D eigenvalue weighted by atomic mass is 10.2. The van der Waals surface area contributed by atoms with E-state index in [1.807, 2.05) is 85.8 Å². The summed E-state index contributed by atoms with van der Waals surface area (Å²) in [5.41, 5.74) is 3.29. The zero-order valence-corrected chi connectivity index (χ0v) is 21.8. The number of urea groups is 1. The number of benzene rings is 3. The third-order valence-corrected chi connectivity index (χ3v) is 8.15. The molecular weight excluding hydrogens is 504 g/mol. The minimum Gasteiger partial charge on any atom is -0.395 e. The molecule has 3 aromatic carbocycles. The number of hydrogen-bond acceptors (Lipinski definition) is 6. The second-order valence-electron chi connectivity index (χ2n) is 8.48.